The van der Waals surface area contributed by atoms with Gasteiger partial charge in [-0.3, -0.25) is 0 Å². The van der Waals surface area contributed by atoms with Gasteiger partial charge < -0.3 is 9.84 Å². The van der Waals surface area contributed by atoms with Gasteiger partial charge in [-0.05, 0) is 6.92 Å². The Morgan fingerprint density at radius 3 is 2.22 bits per heavy atom. The molecule has 0 aromatic rings. The van der Waals surface area contributed by atoms with Crippen molar-refractivity contribution < 1.29 is 9.84 Å². The number of ether oxygens (including phenoxy) is 1. The molecule has 2 atom stereocenters. The molecule has 2 heteroatoms. The zero-order chi connectivity index (χ0) is 7.28. The van der Waals surface area contributed by atoms with Gasteiger partial charge in [0.25, 0.3) is 0 Å². The number of epoxide rings is 1. The van der Waals surface area contributed by atoms with E-state index in [1.54, 1.807) is 6.92 Å². The van der Waals surface area contributed by atoms with Crippen LogP contribution in [-0.4, -0.2) is 23.9 Å². The molecule has 1 N–H and O–H groups in total. The van der Waals surface area contributed by atoms with Gasteiger partial charge in [-0.25, -0.2) is 0 Å². The number of hydrogen-bond acceptors (Lipinski definition) is 2. The lowest BCUT2D eigenvalue weighted by molar-refractivity contribution is 0.170. The Morgan fingerprint density at radius 2 is 2.11 bits per heavy atom. The summed E-state index contributed by atoms with van der Waals surface area (Å²) >= 11 is 0. The van der Waals surface area contributed by atoms with E-state index in [2.05, 4.69) is 0 Å². The second-order valence-electron chi connectivity index (χ2n) is 2.04. The van der Waals surface area contributed by atoms with Gasteiger partial charge in [0.2, 0.25) is 0 Å². The van der Waals surface area contributed by atoms with Gasteiger partial charge in [0.05, 0.1) is 18.8 Å². The summed E-state index contributed by atoms with van der Waals surface area (Å²) in [5.41, 5.74) is 0. The number of rotatable bonds is 2. The van der Waals surface area contributed by atoms with E-state index in [-0.39, 0.29) is 6.10 Å². The fourth-order valence-electron chi connectivity index (χ4n) is 0.585. The first-order valence-corrected chi connectivity index (χ1v) is 3.58. The molecule has 0 aromatic carbocycles. The van der Waals surface area contributed by atoms with Crippen molar-refractivity contribution in [1.82, 2.24) is 0 Å². The molecule has 0 amide bonds. The minimum Gasteiger partial charge on any atom is -0.393 e. The molecule has 0 saturated carbocycles. The minimum absolute atomic E-state index is 0.188. The summed E-state index contributed by atoms with van der Waals surface area (Å²) < 4.78 is 4.86. The van der Waals surface area contributed by atoms with Gasteiger partial charge in [-0.2, -0.15) is 0 Å². The van der Waals surface area contributed by atoms with Crippen molar-refractivity contribution >= 4 is 0 Å². The van der Waals surface area contributed by atoms with Crippen molar-refractivity contribution in [2.24, 2.45) is 0 Å². The van der Waals surface area contributed by atoms with E-state index in [4.69, 9.17) is 9.84 Å². The second-order valence-corrected chi connectivity index (χ2v) is 2.04. The smallest absolute Gasteiger partial charge is 0.0834 e. The van der Waals surface area contributed by atoms with Crippen LogP contribution in [0.2, 0.25) is 0 Å². The number of aliphatic hydroxyl groups is 1. The lowest BCUT2D eigenvalue weighted by Crippen LogP contribution is -2.02. The molecule has 1 heterocycles. The van der Waals surface area contributed by atoms with E-state index in [0.717, 1.165) is 13.0 Å². The maximum Gasteiger partial charge on any atom is 0.0834 e. The molecule has 1 rings (SSSR count). The molecule has 0 bridgehead atoms. The van der Waals surface area contributed by atoms with Crippen molar-refractivity contribution in [3.63, 3.8) is 0 Å². The van der Waals surface area contributed by atoms with Gasteiger partial charge in [0.15, 0.2) is 0 Å². The van der Waals surface area contributed by atoms with Gasteiger partial charge >= 0.3 is 0 Å². The summed E-state index contributed by atoms with van der Waals surface area (Å²) in [6, 6.07) is 0. The lowest BCUT2D eigenvalue weighted by atomic mass is 10.2. The third-order valence-corrected chi connectivity index (χ3v) is 1.01. The SMILES string of the molecule is CC.CC(O)CC1CO1. The first-order valence-electron chi connectivity index (χ1n) is 3.58. The predicted molar refractivity (Wildman–Crippen MR) is 37.4 cm³/mol. The van der Waals surface area contributed by atoms with Crippen molar-refractivity contribution in [1.29, 1.82) is 0 Å². The summed E-state index contributed by atoms with van der Waals surface area (Å²) in [7, 11) is 0. The van der Waals surface area contributed by atoms with Gasteiger partial charge in [0.1, 0.15) is 0 Å². The summed E-state index contributed by atoms with van der Waals surface area (Å²) in [4.78, 5) is 0. The van der Waals surface area contributed by atoms with Gasteiger partial charge in [-0.15, -0.1) is 0 Å². The van der Waals surface area contributed by atoms with Crippen molar-refractivity contribution in [3.05, 3.63) is 0 Å². The Labute approximate surface area is 56.8 Å². The minimum atomic E-state index is -0.188. The molecule has 9 heavy (non-hydrogen) atoms. The number of aliphatic hydroxyl groups excluding tert-OH is 1. The Kier molecular flexibility index (Phi) is 4.72. The summed E-state index contributed by atoms with van der Waals surface area (Å²) in [6.07, 6.45) is 0.993. The molecule has 2 unspecified atom stereocenters. The van der Waals surface area contributed by atoms with Crippen LogP contribution in [0.3, 0.4) is 0 Å². The third kappa shape index (κ3) is 5.80. The number of hydrogen-bond donors (Lipinski definition) is 1. The van der Waals surface area contributed by atoms with Crippen molar-refractivity contribution in [2.45, 2.75) is 39.4 Å². The van der Waals surface area contributed by atoms with Crippen LogP contribution in [-0.2, 0) is 4.74 Å². The van der Waals surface area contributed by atoms with Crippen molar-refractivity contribution in [3.8, 4) is 0 Å². The second kappa shape index (κ2) is 4.77. The van der Waals surface area contributed by atoms with E-state index in [0.29, 0.717) is 6.10 Å². The summed E-state index contributed by atoms with van der Waals surface area (Å²) in [5.74, 6) is 0. The largest absolute Gasteiger partial charge is 0.393 e. The zero-order valence-corrected chi connectivity index (χ0v) is 6.42. The molecule has 0 aliphatic carbocycles. The molecule has 56 valence electrons. The fourth-order valence-corrected chi connectivity index (χ4v) is 0.585. The molecule has 2 nitrogen and oxygen atoms in total. The van der Waals surface area contributed by atoms with Crippen LogP contribution >= 0.6 is 0 Å². The molecule has 1 aliphatic heterocycles. The Morgan fingerprint density at radius 1 is 1.67 bits per heavy atom. The first-order chi connectivity index (χ1) is 4.29. The first kappa shape index (κ1) is 8.92. The van der Waals surface area contributed by atoms with Crippen LogP contribution in [0.5, 0.6) is 0 Å². The quantitative estimate of drug-likeness (QED) is 0.572. The third-order valence-electron chi connectivity index (χ3n) is 1.01. The molecule has 1 aliphatic rings. The normalized spacial score (nSPS) is 26.0. The Balaban J connectivity index is 0.000000291. The summed E-state index contributed by atoms with van der Waals surface area (Å²) in [5, 5.41) is 8.68. The molecule has 0 spiro atoms. The highest BCUT2D eigenvalue weighted by atomic mass is 16.6. The molecular formula is C7H16O2. The summed E-state index contributed by atoms with van der Waals surface area (Å²) in [6.45, 7) is 6.63. The molecule has 1 fully saturated rings. The monoisotopic (exact) mass is 132 g/mol. The molecular weight excluding hydrogens is 116 g/mol. The highest BCUT2D eigenvalue weighted by molar-refractivity contribution is 4.70. The van der Waals surface area contributed by atoms with Crippen LogP contribution in [0.15, 0.2) is 0 Å². The maximum absolute atomic E-state index is 8.68. The molecule has 0 radical (unpaired) electrons. The zero-order valence-electron chi connectivity index (χ0n) is 6.42. The highest BCUT2D eigenvalue weighted by Crippen LogP contribution is 2.14. The van der Waals surface area contributed by atoms with Crippen LogP contribution < -0.4 is 0 Å². The predicted octanol–water partition coefficient (Wildman–Crippen LogP) is 1.18. The average Bonchev–Trinajstić information content (AvgIpc) is 2.55. The topological polar surface area (TPSA) is 32.8 Å². The van der Waals surface area contributed by atoms with E-state index in [1.165, 1.54) is 0 Å². The van der Waals surface area contributed by atoms with Crippen LogP contribution in [0.25, 0.3) is 0 Å². The van der Waals surface area contributed by atoms with Crippen molar-refractivity contribution in [2.75, 3.05) is 6.61 Å². The van der Waals surface area contributed by atoms with E-state index < -0.39 is 0 Å². The van der Waals surface area contributed by atoms with Crippen LogP contribution in [0, 0.1) is 0 Å². The average molecular weight is 132 g/mol. The highest BCUT2D eigenvalue weighted by Gasteiger charge is 2.23. The Hall–Kier alpha value is -0.0800. The van der Waals surface area contributed by atoms with E-state index in [9.17, 15) is 0 Å². The molecule has 0 aromatic heterocycles. The van der Waals surface area contributed by atoms with Gasteiger partial charge in [-0.1, -0.05) is 13.8 Å². The maximum atomic E-state index is 8.68. The standard InChI is InChI=1S/C5H10O2.C2H6/c1-4(6)2-5-3-7-5;1-2/h4-6H,2-3H2,1H3;1-2H3. The van der Waals surface area contributed by atoms with E-state index in [1.807, 2.05) is 13.8 Å². The Bertz CT molecular complexity index is 57.9. The molecule has 1 saturated heterocycles. The van der Waals surface area contributed by atoms with Gasteiger partial charge in [0, 0.05) is 6.42 Å². The van der Waals surface area contributed by atoms with Crippen LogP contribution in [0.1, 0.15) is 27.2 Å². The van der Waals surface area contributed by atoms with E-state index >= 15 is 0 Å². The van der Waals surface area contributed by atoms with Crippen LogP contribution in [0.4, 0.5) is 0 Å². The fraction of sp³-hybridized carbons (Fsp3) is 1.00. The lowest BCUT2D eigenvalue weighted by Gasteiger charge is -1.95.